The van der Waals surface area contributed by atoms with Gasteiger partial charge in [0.1, 0.15) is 0 Å². The maximum Gasteiger partial charge on any atom is 3.00 e. The van der Waals surface area contributed by atoms with Crippen LogP contribution in [0.3, 0.4) is 0 Å². The maximum absolute atomic E-state index is 10.7. The Morgan fingerprint density at radius 2 is 0.959 bits per heavy atom. The van der Waals surface area contributed by atoms with Crippen LogP contribution in [0.15, 0.2) is 95.2 Å². The van der Waals surface area contributed by atoms with E-state index in [2.05, 4.69) is 29.9 Å². The minimum Gasteiger partial charge on any atom is -0.356 e. The SMILES string of the molecule is C(=NCCN=Cc1cccc(-c2ccccn2)n1)c1cccc(-c2ccccn2)n1.CC#N.F[P-](F)(F)(F)(F)F.O=[N+]([O-])[O-].O=[N+]([O-])[O-].[Gd+3]. The normalized spacial score (nSPS) is 11.4. The van der Waals surface area contributed by atoms with Crippen LogP contribution >= 0.6 is 7.81 Å². The van der Waals surface area contributed by atoms with Crippen molar-refractivity contribution >= 4 is 20.2 Å². The van der Waals surface area contributed by atoms with Gasteiger partial charge in [-0.05, 0) is 48.5 Å². The van der Waals surface area contributed by atoms with Crippen molar-refractivity contribution in [3.63, 3.8) is 0 Å². The topological polar surface area (TPSA) is 232 Å². The van der Waals surface area contributed by atoms with Crippen molar-refractivity contribution < 1.29 is 75.3 Å². The van der Waals surface area contributed by atoms with Crippen molar-refractivity contribution in [2.45, 2.75) is 6.92 Å². The molecule has 0 aromatic carbocycles. The average Bonchev–Trinajstić information content (AvgIpc) is 2.98. The molecule has 0 atom stereocenters. The second kappa shape index (κ2) is 21.9. The van der Waals surface area contributed by atoms with Gasteiger partial charge < -0.3 is 30.6 Å². The molecular formula is C26H23F6GdN9O6P. The molecule has 49 heavy (non-hydrogen) atoms. The molecule has 0 spiro atoms. The summed E-state index contributed by atoms with van der Waals surface area (Å²) in [5, 5.41) is 36.8. The Morgan fingerprint density at radius 1 is 0.673 bits per heavy atom. The Balaban J connectivity index is 0. The van der Waals surface area contributed by atoms with Crippen molar-refractivity contribution in [2.75, 3.05) is 13.1 Å². The molecule has 0 unspecified atom stereocenters. The van der Waals surface area contributed by atoms with Crippen LogP contribution in [-0.4, -0.2) is 55.6 Å². The molecule has 0 aliphatic rings. The van der Waals surface area contributed by atoms with Crippen molar-refractivity contribution in [3.05, 3.63) is 127 Å². The summed E-state index contributed by atoms with van der Waals surface area (Å²) in [6.45, 7) is 2.58. The Hall–Kier alpha value is -4.84. The van der Waals surface area contributed by atoms with E-state index in [1.54, 1.807) is 30.9 Å². The molecule has 4 heterocycles. The van der Waals surface area contributed by atoms with Crippen LogP contribution in [0.2, 0.25) is 0 Å². The number of pyridine rings is 4. The van der Waals surface area contributed by atoms with E-state index in [1.165, 1.54) is 6.92 Å². The number of hydrogen-bond donors (Lipinski definition) is 0. The molecule has 0 saturated carbocycles. The van der Waals surface area contributed by atoms with Crippen molar-refractivity contribution in [1.29, 1.82) is 5.26 Å². The van der Waals surface area contributed by atoms with E-state index in [-0.39, 0.29) is 39.9 Å². The summed E-state index contributed by atoms with van der Waals surface area (Å²) in [5.41, 5.74) is 4.95. The molecule has 23 heteroatoms. The number of halogens is 6. The second-order valence-corrected chi connectivity index (χ2v) is 9.94. The Bertz CT molecular complexity index is 1570. The van der Waals surface area contributed by atoms with E-state index in [0.717, 1.165) is 34.2 Å². The Labute approximate surface area is 305 Å². The Morgan fingerprint density at radius 3 is 1.22 bits per heavy atom. The maximum atomic E-state index is 9.87. The van der Waals surface area contributed by atoms with E-state index in [9.17, 15) is 25.2 Å². The molecule has 15 nitrogen and oxygen atoms in total. The van der Waals surface area contributed by atoms with E-state index >= 15 is 0 Å². The van der Waals surface area contributed by atoms with Crippen molar-refractivity contribution in [3.8, 4) is 28.8 Å². The fourth-order valence-corrected chi connectivity index (χ4v) is 2.79. The van der Waals surface area contributed by atoms with Crippen molar-refractivity contribution in [1.82, 2.24) is 19.9 Å². The molecule has 263 valence electrons. The predicted octanol–water partition coefficient (Wildman–Crippen LogP) is 7.57. The first kappa shape index (κ1) is 46.3. The summed E-state index contributed by atoms with van der Waals surface area (Å²) >= 11 is 0. The zero-order valence-electron chi connectivity index (χ0n) is 24.7. The van der Waals surface area contributed by atoms with Crippen LogP contribution in [0.4, 0.5) is 25.2 Å². The quantitative estimate of drug-likeness (QED) is 0.0439. The number of aliphatic imine (C=N–C) groups is 2. The molecule has 4 aromatic heterocycles. The van der Waals surface area contributed by atoms with Gasteiger partial charge in [-0.2, -0.15) is 5.26 Å². The molecular weight excluding hydrogens is 837 g/mol. The summed E-state index contributed by atoms with van der Waals surface area (Å²) in [5.74, 6) is 0. The van der Waals surface area contributed by atoms with Gasteiger partial charge in [0.15, 0.2) is 0 Å². The number of aromatic nitrogens is 4. The fraction of sp³-hybridized carbons (Fsp3) is 0.115. The molecule has 0 saturated heterocycles. The van der Waals surface area contributed by atoms with E-state index in [4.69, 9.17) is 35.9 Å². The number of hydrogen-bond acceptors (Lipinski definition) is 13. The molecule has 4 rings (SSSR count). The number of nitriles is 1. The zero-order valence-corrected chi connectivity index (χ0v) is 27.9. The fourth-order valence-electron chi connectivity index (χ4n) is 2.79. The van der Waals surface area contributed by atoms with Crippen LogP contribution in [0.5, 0.6) is 0 Å². The number of nitrogens with zero attached hydrogens (tertiary/aromatic N) is 9. The van der Waals surface area contributed by atoms with Gasteiger partial charge in [0.25, 0.3) is 0 Å². The summed E-state index contributed by atoms with van der Waals surface area (Å²) in [7, 11) is -10.7. The molecule has 0 amide bonds. The molecule has 1 radical (unpaired) electrons. The molecule has 0 fully saturated rings. The van der Waals surface area contributed by atoms with E-state index in [0.29, 0.717) is 13.1 Å². The summed E-state index contributed by atoms with van der Waals surface area (Å²) in [6, 6.07) is 24.9. The van der Waals surface area contributed by atoms with Crippen molar-refractivity contribution in [2.24, 2.45) is 9.98 Å². The summed E-state index contributed by atoms with van der Waals surface area (Å²) in [4.78, 5) is 43.2. The molecule has 4 aromatic rings. The first-order valence-electron chi connectivity index (χ1n) is 12.5. The van der Waals surface area contributed by atoms with Gasteiger partial charge in [0.2, 0.25) is 0 Å². The second-order valence-electron chi connectivity index (χ2n) is 8.03. The van der Waals surface area contributed by atoms with E-state index < -0.39 is 18.0 Å². The molecule has 0 N–H and O–H groups in total. The molecule has 0 aliphatic heterocycles. The largest absolute Gasteiger partial charge is 3.00 e. The smallest absolute Gasteiger partial charge is 0.356 e. The predicted molar refractivity (Wildman–Crippen MR) is 165 cm³/mol. The monoisotopic (exact) mass is 860 g/mol. The van der Waals surface area contributed by atoms with Crippen LogP contribution in [-0.2, 0) is 0 Å². The first-order chi connectivity index (χ1) is 22.2. The van der Waals surface area contributed by atoms with Gasteiger partial charge in [0, 0.05) is 31.7 Å². The summed E-state index contributed by atoms with van der Waals surface area (Å²) < 4.78 is 59.2. The molecule has 0 bridgehead atoms. The van der Waals surface area contributed by atoms with Crippen LogP contribution in [0.1, 0.15) is 18.3 Å². The van der Waals surface area contributed by atoms with Crippen LogP contribution in [0, 0.1) is 81.9 Å². The van der Waals surface area contributed by atoms with Crippen LogP contribution < -0.4 is 0 Å². The third-order valence-electron chi connectivity index (χ3n) is 4.20. The first-order valence-corrected chi connectivity index (χ1v) is 14.5. The summed E-state index contributed by atoms with van der Waals surface area (Å²) in [6.07, 6.45) is 7.05. The minimum absolute atomic E-state index is 0. The van der Waals surface area contributed by atoms with Gasteiger partial charge in [-0.25, -0.2) is 9.97 Å². The molecule has 0 aliphatic carbocycles. The van der Waals surface area contributed by atoms with Gasteiger partial charge in [0.05, 0.1) is 63.5 Å². The zero-order chi connectivity index (χ0) is 36.7. The van der Waals surface area contributed by atoms with Gasteiger partial charge in [-0.15, -0.1) is 0 Å². The standard InChI is InChI=1S/C24H20N6.C2H3N.F6P.Gd.2NO3/c1-3-13-27-21(9-1)23-11-5-7-19(29-23)17-25-15-16-26-18-20-8-6-12-24(30-20)22-10-2-4-14-28-22;1-2-3;1-7(2,3,4,5)6;;2*2-1(3)4/h1-14,17-18H,15-16H2;1H3;;;;/q;;-1;+3;2*-1. The van der Waals surface area contributed by atoms with Gasteiger partial charge in [-0.1, -0.05) is 24.3 Å². The third-order valence-corrected chi connectivity index (χ3v) is 4.20. The van der Waals surface area contributed by atoms with Crippen LogP contribution in [0.25, 0.3) is 22.8 Å². The van der Waals surface area contributed by atoms with Gasteiger partial charge in [-0.3, -0.25) is 20.0 Å². The van der Waals surface area contributed by atoms with E-state index in [1.807, 2.05) is 72.8 Å². The third kappa shape index (κ3) is 31.5. The number of rotatable bonds is 7. The average molecular weight is 860 g/mol. The minimum atomic E-state index is -10.7. The Kier molecular flexibility index (Phi) is 20.7. The van der Waals surface area contributed by atoms with Gasteiger partial charge >= 0.3 is 72.9 Å².